The van der Waals surface area contributed by atoms with E-state index in [4.69, 9.17) is 11.7 Å². The molecule has 0 radical (unpaired) electrons. The number of amides is 2. The van der Waals surface area contributed by atoms with Gasteiger partial charge in [-0.25, -0.2) is 5.84 Å². The zero-order valence-corrected chi connectivity index (χ0v) is 14.4. The Balaban J connectivity index is 2.11. The summed E-state index contributed by atoms with van der Waals surface area (Å²) in [7, 11) is 0. The predicted molar refractivity (Wildman–Crippen MR) is 98.9 cm³/mol. The number of likely N-dealkylation sites (tertiary alicyclic amines) is 1. The monoisotopic (exact) mass is 365 g/mol. The number of nitrogens with zero attached hydrogens (tertiary/aromatic N) is 2. The van der Waals surface area contributed by atoms with Crippen LogP contribution >= 0.6 is 0 Å². The molecule has 8 nitrogen and oxygen atoms in total. The second-order valence-corrected chi connectivity index (χ2v) is 6.08. The summed E-state index contributed by atoms with van der Waals surface area (Å²) in [6.07, 6.45) is 0. The molecule has 0 bridgehead atoms. The lowest BCUT2D eigenvalue weighted by atomic mass is 9.85. The molecule has 0 aliphatic carbocycles. The van der Waals surface area contributed by atoms with Gasteiger partial charge in [0.2, 0.25) is 5.78 Å². The van der Waals surface area contributed by atoms with Crippen LogP contribution in [0.4, 0.5) is 0 Å². The number of hydrogen-bond acceptors (Lipinski definition) is 6. The van der Waals surface area contributed by atoms with Gasteiger partial charge in [0.25, 0.3) is 11.8 Å². The van der Waals surface area contributed by atoms with Crippen LogP contribution in [-0.2, 0) is 14.4 Å². The largest absolute Gasteiger partial charge is 0.323 e. The van der Waals surface area contributed by atoms with Crippen molar-refractivity contribution < 1.29 is 14.4 Å². The first-order chi connectivity index (χ1) is 13.1. The van der Waals surface area contributed by atoms with Crippen LogP contribution in [-0.4, -0.2) is 34.8 Å². The molecule has 1 aliphatic rings. The van der Waals surface area contributed by atoms with Gasteiger partial charge >= 0.3 is 0 Å². The number of nitrogens with two attached hydrogens (primary N) is 2. The van der Waals surface area contributed by atoms with E-state index in [2.05, 4.69) is 5.10 Å². The molecule has 1 fully saturated rings. The Morgan fingerprint density at radius 2 is 1.63 bits per heavy atom. The second kappa shape index (κ2) is 7.79. The van der Waals surface area contributed by atoms with Gasteiger partial charge in [-0.1, -0.05) is 60.7 Å². The summed E-state index contributed by atoms with van der Waals surface area (Å²) in [5.74, 6) is 7.83. The fourth-order valence-electron chi connectivity index (χ4n) is 3.33. The number of hydrazine groups is 1. The van der Waals surface area contributed by atoms with E-state index in [9.17, 15) is 14.4 Å². The minimum Gasteiger partial charge on any atom is -0.323 e. The van der Waals surface area contributed by atoms with E-state index in [1.807, 2.05) is 17.6 Å². The number of benzene rings is 2. The van der Waals surface area contributed by atoms with Crippen molar-refractivity contribution in [2.45, 2.75) is 6.04 Å². The molecule has 2 unspecified atom stereocenters. The molecule has 1 saturated heterocycles. The van der Waals surface area contributed by atoms with Gasteiger partial charge in [0, 0.05) is 0 Å². The number of hydrogen-bond donors (Lipinski definition) is 3. The number of carbonyl (C=O) groups excluding carboxylic acids is 3. The molecule has 2 aromatic carbocycles. The summed E-state index contributed by atoms with van der Waals surface area (Å²) in [6.45, 7) is -0.343. The third-order valence-corrected chi connectivity index (χ3v) is 4.52. The van der Waals surface area contributed by atoms with E-state index in [1.54, 1.807) is 48.5 Å². The number of nitrogens with one attached hydrogen (secondary N) is 1. The van der Waals surface area contributed by atoms with Crippen molar-refractivity contribution in [1.29, 1.82) is 0 Å². The molecule has 27 heavy (non-hydrogen) atoms. The lowest BCUT2D eigenvalue weighted by Crippen LogP contribution is -2.42. The molecule has 5 N–H and O–H groups in total. The molecule has 138 valence electrons. The first-order valence-corrected chi connectivity index (χ1v) is 8.31. The van der Waals surface area contributed by atoms with Crippen molar-refractivity contribution in [2.75, 3.05) is 6.54 Å². The van der Waals surface area contributed by atoms with Gasteiger partial charge in [0.05, 0.1) is 17.7 Å². The number of hydrazone groups is 1. The Morgan fingerprint density at radius 1 is 1.04 bits per heavy atom. The zero-order valence-electron chi connectivity index (χ0n) is 14.4. The van der Waals surface area contributed by atoms with Crippen LogP contribution < -0.4 is 17.1 Å². The Bertz CT molecular complexity index is 883. The van der Waals surface area contributed by atoms with E-state index in [0.717, 1.165) is 0 Å². The molecule has 1 heterocycles. The lowest BCUT2D eigenvalue weighted by Gasteiger charge is -2.27. The van der Waals surface area contributed by atoms with Crippen LogP contribution in [0, 0.1) is 5.92 Å². The average molecular weight is 365 g/mol. The molecule has 1 aliphatic heterocycles. The molecule has 2 amide bonds. The molecule has 2 atom stereocenters. The van der Waals surface area contributed by atoms with Crippen molar-refractivity contribution in [3.05, 3.63) is 71.8 Å². The van der Waals surface area contributed by atoms with Crippen LogP contribution in [0.2, 0.25) is 0 Å². The summed E-state index contributed by atoms with van der Waals surface area (Å²) < 4.78 is 0. The first kappa shape index (κ1) is 18.3. The molecule has 0 spiro atoms. The predicted octanol–water partition coefficient (Wildman–Crippen LogP) is 0.108. The summed E-state index contributed by atoms with van der Waals surface area (Å²) in [4.78, 5) is 38.5. The summed E-state index contributed by atoms with van der Waals surface area (Å²) in [6, 6.07) is 17.2. The highest BCUT2D eigenvalue weighted by Crippen LogP contribution is 2.38. The third kappa shape index (κ3) is 3.42. The van der Waals surface area contributed by atoms with Gasteiger partial charge in [-0.2, -0.15) is 5.10 Å². The average Bonchev–Trinajstić information content (AvgIpc) is 2.95. The highest BCUT2D eigenvalue weighted by Gasteiger charge is 2.51. The van der Waals surface area contributed by atoms with Crippen molar-refractivity contribution in [3.8, 4) is 0 Å². The SMILES string of the molecule is N/N=C(\c1ccccc1)C1C(=O)C(=O)N(CC(=O)NN)C1c1ccccc1. The molecule has 2 aromatic rings. The van der Waals surface area contributed by atoms with Crippen LogP contribution in [0.3, 0.4) is 0 Å². The van der Waals surface area contributed by atoms with Crippen molar-refractivity contribution in [3.63, 3.8) is 0 Å². The van der Waals surface area contributed by atoms with E-state index >= 15 is 0 Å². The van der Waals surface area contributed by atoms with E-state index < -0.39 is 29.6 Å². The summed E-state index contributed by atoms with van der Waals surface area (Å²) in [5, 5.41) is 3.83. The van der Waals surface area contributed by atoms with Crippen LogP contribution in [0.25, 0.3) is 0 Å². The Kier molecular flexibility index (Phi) is 5.28. The molecule has 0 saturated carbocycles. The van der Waals surface area contributed by atoms with E-state index in [-0.39, 0.29) is 6.54 Å². The Hall–Kier alpha value is -3.52. The Labute approximate surface area is 155 Å². The molecule has 8 heteroatoms. The molecule has 3 rings (SSSR count). The number of Topliss-reactive ketones (excluding diaryl/α,β-unsaturated/α-hetero) is 1. The number of ketones is 1. The van der Waals surface area contributed by atoms with Crippen molar-refractivity contribution >= 4 is 23.3 Å². The highest BCUT2D eigenvalue weighted by atomic mass is 16.2. The smallest absolute Gasteiger partial charge is 0.291 e. The standard InChI is InChI=1S/C19H19N5O3/c20-22-14(25)11-24-17(13-9-5-2-6-10-13)15(18(26)19(24)27)16(23-21)12-7-3-1-4-8-12/h1-10,15,17H,11,20-21H2,(H,22,25)/b23-16+. The van der Waals surface area contributed by atoms with E-state index in [0.29, 0.717) is 16.8 Å². The minimum absolute atomic E-state index is 0.290. The minimum atomic E-state index is -0.933. The van der Waals surface area contributed by atoms with Crippen LogP contribution in [0.1, 0.15) is 17.2 Å². The first-order valence-electron chi connectivity index (χ1n) is 8.31. The van der Waals surface area contributed by atoms with Gasteiger partial charge < -0.3 is 10.7 Å². The maximum atomic E-state index is 12.9. The highest BCUT2D eigenvalue weighted by molar-refractivity contribution is 6.44. The van der Waals surface area contributed by atoms with Gasteiger partial charge in [0.1, 0.15) is 6.54 Å². The normalized spacial score (nSPS) is 20.0. The summed E-state index contributed by atoms with van der Waals surface area (Å²) in [5.41, 5.74) is 3.61. The lowest BCUT2D eigenvalue weighted by molar-refractivity contribution is -0.142. The fourth-order valence-corrected chi connectivity index (χ4v) is 3.33. The Morgan fingerprint density at radius 3 is 2.19 bits per heavy atom. The third-order valence-electron chi connectivity index (χ3n) is 4.52. The van der Waals surface area contributed by atoms with Gasteiger partial charge in [-0.3, -0.25) is 19.8 Å². The van der Waals surface area contributed by atoms with Gasteiger partial charge in [-0.05, 0) is 11.1 Å². The maximum Gasteiger partial charge on any atom is 0.291 e. The molecule has 0 aromatic heterocycles. The van der Waals surface area contributed by atoms with Crippen LogP contribution in [0.5, 0.6) is 0 Å². The van der Waals surface area contributed by atoms with Crippen molar-refractivity contribution in [1.82, 2.24) is 10.3 Å². The number of rotatable bonds is 5. The van der Waals surface area contributed by atoms with Gasteiger partial charge in [-0.15, -0.1) is 0 Å². The summed E-state index contributed by atoms with van der Waals surface area (Å²) >= 11 is 0. The van der Waals surface area contributed by atoms with Crippen LogP contribution in [0.15, 0.2) is 65.8 Å². The second-order valence-electron chi connectivity index (χ2n) is 6.08. The molecular formula is C19H19N5O3. The topological polar surface area (TPSA) is 131 Å². The fraction of sp³-hybridized carbons (Fsp3) is 0.158. The van der Waals surface area contributed by atoms with Gasteiger partial charge in [0.15, 0.2) is 0 Å². The zero-order chi connectivity index (χ0) is 19.4. The van der Waals surface area contributed by atoms with E-state index in [1.165, 1.54) is 4.90 Å². The quantitative estimate of drug-likeness (QED) is 0.227. The number of carbonyl (C=O) groups is 3. The molecular weight excluding hydrogens is 346 g/mol. The maximum absolute atomic E-state index is 12.9. The van der Waals surface area contributed by atoms with Crippen molar-refractivity contribution in [2.24, 2.45) is 22.7 Å².